The van der Waals surface area contributed by atoms with Gasteiger partial charge in [0.2, 0.25) is 0 Å². The van der Waals surface area contributed by atoms with Gasteiger partial charge in [-0.15, -0.1) is 0 Å². The number of rotatable bonds is 4. The van der Waals surface area contributed by atoms with E-state index in [4.69, 9.17) is 4.74 Å². The molecule has 2 aromatic carbocycles. The second kappa shape index (κ2) is 7.68. The van der Waals surface area contributed by atoms with E-state index in [0.717, 1.165) is 22.6 Å². The molecule has 1 amide bonds. The third-order valence-electron chi connectivity index (χ3n) is 5.21. The van der Waals surface area contributed by atoms with E-state index in [0.29, 0.717) is 36.0 Å². The molecule has 1 aliphatic heterocycles. The molecule has 0 radical (unpaired) electrons. The number of fused-ring (bicyclic) bond motifs is 1. The van der Waals surface area contributed by atoms with Crippen molar-refractivity contribution in [3.63, 3.8) is 0 Å². The highest BCUT2D eigenvalue weighted by molar-refractivity contribution is 5.94. The summed E-state index contributed by atoms with van der Waals surface area (Å²) in [6.07, 6.45) is 1.70. The number of carbonyl (C=O) groups excluding carboxylic acids is 1. The third kappa shape index (κ3) is 3.77. The van der Waals surface area contributed by atoms with Crippen LogP contribution in [0, 0.1) is 13.8 Å². The number of ether oxygens (including phenoxy) is 1. The Balaban J connectivity index is 1.39. The van der Waals surface area contributed by atoms with Gasteiger partial charge in [-0.25, -0.2) is 9.97 Å². The molecule has 0 unspecified atom stereocenters. The molecule has 7 nitrogen and oxygen atoms in total. The molecule has 1 aliphatic rings. The van der Waals surface area contributed by atoms with Crippen LogP contribution in [0.4, 0.5) is 0 Å². The molecule has 2 aromatic heterocycles. The first kappa shape index (κ1) is 19.0. The maximum atomic E-state index is 12.0. The lowest BCUT2D eigenvalue weighted by Gasteiger charge is -2.13. The molecule has 154 valence electrons. The predicted octanol–water partition coefficient (Wildman–Crippen LogP) is 4.16. The SMILES string of the molecule is Cc1ccc(Oc2ccc(-c3nccc(-c4cc5n(n4)CCNC5=O)n3)cc2)c(C)c1. The minimum absolute atomic E-state index is 0.112. The average Bonchev–Trinajstić information content (AvgIpc) is 3.22. The number of aryl methyl sites for hydroxylation is 2. The fourth-order valence-electron chi connectivity index (χ4n) is 3.61. The van der Waals surface area contributed by atoms with Gasteiger partial charge in [0.15, 0.2) is 5.82 Å². The maximum Gasteiger partial charge on any atom is 0.269 e. The first-order valence-corrected chi connectivity index (χ1v) is 10.1. The fourth-order valence-corrected chi connectivity index (χ4v) is 3.61. The summed E-state index contributed by atoms with van der Waals surface area (Å²) in [4.78, 5) is 21.1. The Morgan fingerprint density at radius 3 is 2.61 bits per heavy atom. The Kier molecular flexibility index (Phi) is 4.71. The highest BCUT2D eigenvalue weighted by Crippen LogP contribution is 2.28. The predicted molar refractivity (Wildman–Crippen MR) is 117 cm³/mol. The number of hydrogen-bond donors (Lipinski definition) is 1. The average molecular weight is 411 g/mol. The summed E-state index contributed by atoms with van der Waals surface area (Å²) in [6, 6.07) is 17.4. The smallest absolute Gasteiger partial charge is 0.269 e. The lowest BCUT2D eigenvalue weighted by Crippen LogP contribution is -2.35. The zero-order chi connectivity index (χ0) is 21.4. The molecule has 0 spiro atoms. The largest absolute Gasteiger partial charge is 0.457 e. The van der Waals surface area contributed by atoms with Crippen molar-refractivity contribution in [1.29, 1.82) is 0 Å². The Morgan fingerprint density at radius 2 is 1.84 bits per heavy atom. The van der Waals surface area contributed by atoms with E-state index in [1.165, 1.54) is 5.56 Å². The number of benzene rings is 2. The van der Waals surface area contributed by atoms with Crippen molar-refractivity contribution < 1.29 is 9.53 Å². The minimum atomic E-state index is -0.112. The molecule has 0 saturated carbocycles. The molecule has 3 heterocycles. The van der Waals surface area contributed by atoms with Crippen molar-refractivity contribution in [2.45, 2.75) is 20.4 Å². The van der Waals surface area contributed by atoms with Crippen LogP contribution < -0.4 is 10.1 Å². The molecule has 0 bridgehead atoms. The van der Waals surface area contributed by atoms with Gasteiger partial charge in [-0.05, 0) is 61.9 Å². The van der Waals surface area contributed by atoms with Crippen molar-refractivity contribution in [3.05, 3.63) is 77.6 Å². The molecule has 5 rings (SSSR count). The van der Waals surface area contributed by atoms with Crippen LogP contribution in [0.25, 0.3) is 22.8 Å². The Morgan fingerprint density at radius 1 is 1.00 bits per heavy atom. The second-order valence-electron chi connectivity index (χ2n) is 7.55. The molecule has 0 fully saturated rings. The van der Waals surface area contributed by atoms with E-state index in [1.54, 1.807) is 23.0 Å². The summed E-state index contributed by atoms with van der Waals surface area (Å²) in [5.74, 6) is 2.06. The number of aromatic nitrogens is 4. The minimum Gasteiger partial charge on any atom is -0.457 e. The first-order chi connectivity index (χ1) is 15.1. The van der Waals surface area contributed by atoms with E-state index in [2.05, 4.69) is 33.4 Å². The molecule has 1 N–H and O–H groups in total. The van der Waals surface area contributed by atoms with Gasteiger partial charge in [-0.2, -0.15) is 5.10 Å². The molecule has 0 aliphatic carbocycles. The molecule has 0 atom stereocenters. The number of carbonyl (C=O) groups is 1. The zero-order valence-electron chi connectivity index (χ0n) is 17.3. The summed E-state index contributed by atoms with van der Waals surface area (Å²) in [7, 11) is 0. The van der Waals surface area contributed by atoms with Gasteiger partial charge < -0.3 is 10.1 Å². The molecule has 0 saturated heterocycles. The van der Waals surface area contributed by atoms with Crippen LogP contribution in [-0.2, 0) is 6.54 Å². The van der Waals surface area contributed by atoms with Crippen molar-refractivity contribution in [1.82, 2.24) is 25.1 Å². The van der Waals surface area contributed by atoms with Crippen molar-refractivity contribution in [3.8, 4) is 34.3 Å². The highest BCUT2D eigenvalue weighted by Gasteiger charge is 2.20. The van der Waals surface area contributed by atoms with Crippen LogP contribution in [0.5, 0.6) is 11.5 Å². The zero-order valence-corrected chi connectivity index (χ0v) is 17.3. The van der Waals surface area contributed by atoms with E-state index in [9.17, 15) is 4.79 Å². The summed E-state index contributed by atoms with van der Waals surface area (Å²) < 4.78 is 7.73. The van der Waals surface area contributed by atoms with Crippen LogP contribution in [0.3, 0.4) is 0 Å². The molecule has 31 heavy (non-hydrogen) atoms. The topological polar surface area (TPSA) is 81.9 Å². The fraction of sp³-hybridized carbons (Fsp3) is 0.167. The van der Waals surface area contributed by atoms with E-state index in [1.807, 2.05) is 43.3 Å². The van der Waals surface area contributed by atoms with E-state index in [-0.39, 0.29) is 5.91 Å². The molecule has 7 heteroatoms. The Bertz CT molecular complexity index is 1280. The van der Waals surface area contributed by atoms with E-state index < -0.39 is 0 Å². The second-order valence-corrected chi connectivity index (χ2v) is 7.55. The van der Waals surface area contributed by atoms with Gasteiger partial charge in [0, 0.05) is 18.3 Å². The van der Waals surface area contributed by atoms with Gasteiger partial charge in [0.25, 0.3) is 5.91 Å². The quantitative estimate of drug-likeness (QED) is 0.545. The summed E-state index contributed by atoms with van der Waals surface area (Å²) in [5, 5.41) is 7.35. The lowest BCUT2D eigenvalue weighted by molar-refractivity contribution is 0.0924. The maximum absolute atomic E-state index is 12.0. The van der Waals surface area contributed by atoms with Gasteiger partial charge in [-0.1, -0.05) is 17.7 Å². The Labute approximate surface area is 179 Å². The van der Waals surface area contributed by atoms with Crippen LogP contribution in [0.1, 0.15) is 21.6 Å². The number of amides is 1. The summed E-state index contributed by atoms with van der Waals surface area (Å²) in [6.45, 7) is 5.33. The normalized spacial score (nSPS) is 12.9. The van der Waals surface area contributed by atoms with Crippen molar-refractivity contribution in [2.75, 3.05) is 6.54 Å². The van der Waals surface area contributed by atoms with Crippen molar-refractivity contribution in [2.24, 2.45) is 0 Å². The lowest BCUT2D eigenvalue weighted by atomic mass is 10.1. The Hall–Kier alpha value is -4.00. The molecule has 4 aromatic rings. The van der Waals surface area contributed by atoms with Gasteiger partial charge in [-0.3, -0.25) is 9.48 Å². The summed E-state index contributed by atoms with van der Waals surface area (Å²) in [5.41, 5.74) is 5.06. The van der Waals surface area contributed by atoms with Gasteiger partial charge in [0.05, 0.1) is 12.2 Å². The highest BCUT2D eigenvalue weighted by atomic mass is 16.5. The van der Waals surface area contributed by atoms with Crippen molar-refractivity contribution >= 4 is 5.91 Å². The van der Waals surface area contributed by atoms with E-state index >= 15 is 0 Å². The first-order valence-electron chi connectivity index (χ1n) is 10.1. The third-order valence-corrected chi connectivity index (χ3v) is 5.21. The number of nitrogens with one attached hydrogen (secondary N) is 1. The number of nitrogens with zero attached hydrogens (tertiary/aromatic N) is 4. The van der Waals surface area contributed by atoms with Gasteiger partial charge >= 0.3 is 0 Å². The summed E-state index contributed by atoms with van der Waals surface area (Å²) >= 11 is 0. The van der Waals surface area contributed by atoms with Crippen LogP contribution in [0.15, 0.2) is 60.8 Å². The molecular formula is C24H21N5O2. The van der Waals surface area contributed by atoms with Gasteiger partial charge in [0.1, 0.15) is 22.9 Å². The molecular weight excluding hydrogens is 390 g/mol. The van der Waals surface area contributed by atoms with Crippen LogP contribution in [0.2, 0.25) is 0 Å². The van der Waals surface area contributed by atoms with Crippen LogP contribution in [-0.4, -0.2) is 32.2 Å². The van der Waals surface area contributed by atoms with Crippen LogP contribution >= 0.6 is 0 Å². The standard InChI is InChI=1S/C24H21N5O2/c1-15-3-8-22(16(2)13-15)31-18-6-4-17(5-7-18)23-25-10-9-19(27-23)20-14-21-24(30)26-11-12-29(21)28-20/h3-10,13-14H,11-12H2,1-2H3,(H,26,30). The monoisotopic (exact) mass is 411 g/mol. The number of hydrogen-bond acceptors (Lipinski definition) is 5.